The maximum Gasteiger partial charge on any atom is 0.220 e. The monoisotopic (exact) mass is 209 g/mol. The lowest BCUT2D eigenvalue weighted by atomic mass is 10.0. The van der Waals surface area contributed by atoms with Crippen LogP contribution in [0.4, 0.5) is 0 Å². The third kappa shape index (κ3) is 5.60. The van der Waals surface area contributed by atoms with Crippen molar-refractivity contribution in [3.05, 3.63) is 11.6 Å². The molecule has 1 fully saturated rings. The van der Waals surface area contributed by atoms with Crippen molar-refractivity contribution >= 4 is 5.91 Å². The average molecular weight is 209 g/mol. The van der Waals surface area contributed by atoms with Gasteiger partial charge < -0.3 is 5.32 Å². The van der Waals surface area contributed by atoms with Crippen LogP contribution in [0.25, 0.3) is 0 Å². The van der Waals surface area contributed by atoms with Crippen LogP contribution in [-0.4, -0.2) is 11.9 Å². The molecule has 2 heteroatoms. The fraction of sp³-hybridized carbons (Fsp3) is 0.769. The van der Waals surface area contributed by atoms with Crippen LogP contribution < -0.4 is 5.32 Å². The number of rotatable bonds is 4. The molecule has 1 aliphatic heterocycles. The van der Waals surface area contributed by atoms with E-state index in [1.54, 1.807) is 0 Å². The van der Waals surface area contributed by atoms with Crippen LogP contribution in [0.3, 0.4) is 0 Å². The summed E-state index contributed by atoms with van der Waals surface area (Å²) in [5.74, 6) is 0.250. The maximum absolute atomic E-state index is 11.3. The number of nitrogens with one attached hydrogen (secondary N) is 1. The van der Waals surface area contributed by atoms with E-state index in [-0.39, 0.29) is 5.91 Å². The van der Waals surface area contributed by atoms with E-state index < -0.39 is 0 Å². The number of hydrogen-bond donors (Lipinski definition) is 1. The molecule has 1 aliphatic rings. The Morgan fingerprint density at radius 2 is 2.27 bits per heavy atom. The van der Waals surface area contributed by atoms with Gasteiger partial charge in [0.15, 0.2) is 0 Å². The summed E-state index contributed by atoms with van der Waals surface area (Å²) in [6.07, 6.45) is 9.91. The summed E-state index contributed by atoms with van der Waals surface area (Å²) in [4.78, 5) is 11.3. The second-order valence-corrected chi connectivity index (χ2v) is 4.72. The molecule has 15 heavy (non-hydrogen) atoms. The number of carbonyl (C=O) groups is 1. The molecule has 0 aromatic heterocycles. The molecule has 1 atom stereocenters. The van der Waals surface area contributed by atoms with Gasteiger partial charge in [-0.25, -0.2) is 0 Å². The first-order valence-corrected chi connectivity index (χ1v) is 6.11. The topological polar surface area (TPSA) is 29.1 Å². The molecule has 0 aromatic rings. The Bertz CT molecular complexity index is 229. The highest BCUT2D eigenvalue weighted by Crippen LogP contribution is 2.14. The predicted octanol–water partition coefficient (Wildman–Crippen LogP) is 3.18. The normalized spacial score (nSPS) is 21.7. The molecule has 0 saturated carbocycles. The molecule has 2 nitrogen and oxygen atoms in total. The zero-order chi connectivity index (χ0) is 11.1. The van der Waals surface area contributed by atoms with E-state index in [1.807, 2.05) is 0 Å². The highest BCUT2D eigenvalue weighted by atomic mass is 16.1. The molecule has 0 aliphatic carbocycles. The quantitative estimate of drug-likeness (QED) is 0.559. The van der Waals surface area contributed by atoms with Crippen molar-refractivity contribution in [2.24, 2.45) is 0 Å². The number of carbonyl (C=O) groups excluding carboxylic acids is 1. The fourth-order valence-corrected chi connectivity index (χ4v) is 2.02. The molecule has 1 saturated heterocycles. The molecule has 1 heterocycles. The van der Waals surface area contributed by atoms with E-state index >= 15 is 0 Å². The smallest absolute Gasteiger partial charge is 0.220 e. The first kappa shape index (κ1) is 12.3. The van der Waals surface area contributed by atoms with E-state index in [2.05, 4.69) is 25.2 Å². The van der Waals surface area contributed by atoms with Gasteiger partial charge >= 0.3 is 0 Å². The van der Waals surface area contributed by atoms with Gasteiger partial charge in [-0.15, -0.1) is 0 Å². The molecule has 0 bridgehead atoms. The largest absolute Gasteiger partial charge is 0.353 e. The van der Waals surface area contributed by atoms with Crippen LogP contribution in [0, 0.1) is 0 Å². The third-order valence-corrected chi connectivity index (χ3v) is 2.88. The minimum atomic E-state index is 0.250. The van der Waals surface area contributed by atoms with E-state index in [0.717, 1.165) is 25.7 Å². The summed E-state index contributed by atoms with van der Waals surface area (Å²) >= 11 is 0. The van der Waals surface area contributed by atoms with Crippen molar-refractivity contribution in [2.45, 2.75) is 64.8 Å². The highest BCUT2D eigenvalue weighted by molar-refractivity contribution is 5.76. The molecule has 0 spiro atoms. The minimum Gasteiger partial charge on any atom is -0.353 e. The molecule has 0 unspecified atom stereocenters. The van der Waals surface area contributed by atoms with Crippen molar-refractivity contribution in [1.82, 2.24) is 5.32 Å². The van der Waals surface area contributed by atoms with Crippen LogP contribution >= 0.6 is 0 Å². The van der Waals surface area contributed by atoms with Crippen LogP contribution in [-0.2, 0) is 4.79 Å². The SMILES string of the molecule is CC(C)=CCCC[C@H]1CCCCC(=O)N1. The Hall–Kier alpha value is -0.790. The van der Waals surface area contributed by atoms with E-state index in [9.17, 15) is 4.79 Å². The zero-order valence-corrected chi connectivity index (χ0v) is 10.0. The van der Waals surface area contributed by atoms with Crippen molar-refractivity contribution in [1.29, 1.82) is 0 Å². The lowest BCUT2D eigenvalue weighted by molar-refractivity contribution is -0.121. The molecule has 1 amide bonds. The van der Waals surface area contributed by atoms with Crippen LogP contribution in [0.1, 0.15) is 58.8 Å². The van der Waals surface area contributed by atoms with Gasteiger partial charge in [-0.1, -0.05) is 18.1 Å². The van der Waals surface area contributed by atoms with E-state index in [1.165, 1.54) is 24.8 Å². The lowest BCUT2D eigenvalue weighted by Gasteiger charge is -2.14. The molecular weight excluding hydrogens is 186 g/mol. The van der Waals surface area contributed by atoms with Gasteiger partial charge in [0.1, 0.15) is 0 Å². The minimum absolute atomic E-state index is 0.250. The summed E-state index contributed by atoms with van der Waals surface area (Å²) in [5.41, 5.74) is 1.39. The Morgan fingerprint density at radius 1 is 1.47 bits per heavy atom. The Kier molecular flexibility index (Phi) is 5.44. The van der Waals surface area contributed by atoms with Gasteiger partial charge in [0, 0.05) is 12.5 Å². The average Bonchev–Trinajstić information content (AvgIpc) is 2.37. The predicted molar refractivity (Wildman–Crippen MR) is 63.7 cm³/mol. The van der Waals surface area contributed by atoms with Crippen molar-refractivity contribution in [3.8, 4) is 0 Å². The zero-order valence-electron chi connectivity index (χ0n) is 10.0. The summed E-state index contributed by atoms with van der Waals surface area (Å²) in [6, 6.07) is 0.436. The second-order valence-electron chi connectivity index (χ2n) is 4.72. The summed E-state index contributed by atoms with van der Waals surface area (Å²) in [6.45, 7) is 4.26. The third-order valence-electron chi connectivity index (χ3n) is 2.88. The maximum atomic E-state index is 11.3. The van der Waals surface area contributed by atoms with Crippen LogP contribution in [0.5, 0.6) is 0 Å². The molecule has 1 N–H and O–H groups in total. The van der Waals surface area contributed by atoms with Crippen molar-refractivity contribution in [2.75, 3.05) is 0 Å². The fourth-order valence-electron chi connectivity index (χ4n) is 2.02. The van der Waals surface area contributed by atoms with Gasteiger partial charge in [-0.05, 0) is 46.0 Å². The van der Waals surface area contributed by atoms with E-state index in [4.69, 9.17) is 0 Å². The number of hydrogen-bond acceptors (Lipinski definition) is 1. The Morgan fingerprint density at radius 3 is 3.00 bits per heavy atom. The lowest BCUT2D eigenvalue weighted by Crippen LogP contribution is -2.32. The van der Waals surface area contributed by atoms with E-state index in [0.29, 0.717) is 6.04 Å². The Balaban J connectivity index is 2.19. The van der Waals surface area contributed by atoms with Gasteiger partial charge in [0.25, 0.3) is 0 Å². The molecule has 1 rings (SSSR count). The first-order chi connectivity index (χ1) is 7.18. The first-order valence-electron chi connectivity index (χ1n) is 6.11. The summed E-state index contributed by atoms with van der Waals surface area (Å²) in [5, 5.41) is 3.11. The summed E-state index contributed by atoms with van der Waals surface area (Å²) in [7, 11) is 0. The van der Waals surface area contributed by atoms with Gasteiger partial charge in [0.2, 0.25) is 5.91 Å². The summed E-state index contributed by atoms with van der Waals surface area (Å²) < 4.78 is 0. The van der Waals surface area contributed by atoms with Crippen molar-refractivity contribution in [3.63, 3.8) is 0 Å². The van der Waals surface area contributed by atoms with Crippen molar-refractivity contribution < 1.29 is 4.79 Å². The van der Waals surface area contributed by atoms with Crippen LogP contribution in [0.15, 0.2) is 11.6 Å². The van der Waals surface area contributed by atoms with Gasteiger partial charge in [0.05, 0.1) is 0 Å². The number of allylic oxidation sites excluding steroid dienone is 2. The molecule has 86 valence electrons. The molecular formula is C13H23NO. The Labute approximate surface area is 93.1 Å². The number of unbranched alkanes of at least 4 members (excludes halogenated alkanes) is 1. The van der Waals surface area contributed by atoms with Crippen LogP contribution in [0.2, 0.25) is 0 Å². The van der Waals surface area contributed by atoms with Gasteiger partial charge in [-0.3, -0.25) is 4.79 Å². The molecule has 0 aromatic carbocycles. The standard InChI is InChI=1S/C13H23NO/c1-11(2)7-3-4-8-12-9-5-6-10-13(15)14-12/h7,12H,3-6,8-10H2,1-2H3,(H,14,15)/t12-/m0/s1. The number of amides is 1. The highest BCUT2D eigenvalue weighted by Gasteiger charge is 2.15. The van der Waals surface area contributed by atoms with Gasteiger partial charge in [-0.2, -0.15) is 0 Å². The molecule has 0 radical (unpaired) electrons. The second kappa shape index (κ2) is 6.65.